The Labute approximate surface area is 151 Å². The molecule has 0 aliphatic heterocycles. The number of ether oxygens (including phenoxy) is 1. The summed E-state index contributed by atoms with van der Waals surface area (Å²) in [4.78, 5) is 33.7. The molecule has 0 rings (SSSR count). The first-order valence-corrected chi connectivity index (χ1v) is 8.52. The molecular weight excluding hydrogens is 326 g/mol. The molecule has 1 unspecified atom stereocenters. The molecule has 0 aliphatic rings. The topological polar surface area (TPSA) is 102 Å². The minimum atomic E-state index is -0.981. The van der Waals surface area contributed by atoms with Crippen molar-refractivity contribution in [2.24, 2.45) is 5.34 Å². The van der Waals surface area contributed by atoms with Gasteiger partial charge in [-0.1, -0.05) is 52.7 Å². The Bertz CT molecular complexity index is 357. The number of hydrogen-bond acceptors (Lipinski definition) is 6. The van der Waals surface area contributed by atoms with E-state index in [1.807, 2.05) is 13.8 Å². The molecule has 0 radical (unpaired) electrons. The third-order valence-corrected chi connectivity index (χ3v) is 2.77. The zero-order valence-electron chi connectivity index (χ0n) is 15.7. The van der Waals surface area contributed by atoms with E-state index in [0.29, 0.717) is 6.61 Å². The monoisotopic (exact) mass is 359 g/mol. The van der Waals surface area contributed by atoms with Crippen LogP contribution in [0.4, 0.5) is 0 Å². The largest absolute Gasteiger partial charge is 0.478 e. The van der Waals surface area contributed by atoms with Crippen LogP contribution in [0.25, 0.3) is 0 Å². The van der Waals surface area contributed by atoms with E-state index in [4.69, 9.17) is 5.11 Å². The minimum Gasteiger partial charge on any atom is -0.478 e. The van der Waals surface area contributed by atoms with Gasteiger partial charge in [0.05, 0.1) is 6.61 Å². The summed E-state index contributed by atoms with van der Waals surface area (Å²) in [5, 5.41) is 9.99. The Morgan fingerprint density at radius 3 is 2.04 bits per heavy atom. The maximum absolute atomic E-state index is 10.3. The van der Waals surface area contributed by atoms with Crippen LogP contribution in [-0.2, 0) is 19.2 Å². The number of carbonyl (C=O) groups excluding carboxylic acids is 1. The Balaban J connectivity index is -0.000000311. The Morgan fingerprint density at radius 1 is 1.08 bits per heavy atom. The summed E-state index contributed by atoms with van der Waals surface area (Å²) in [5.74, 6) is -1.31. The molecule has 0 saturated heterocycles. The van der Waals surface area contributed by atoms with Crippen LogP contribution in [0, 0.1) is 4.91 Å². The van der Waals surface area contributed by atoms with Gasteiger partial charge >= 0.3 is 11.9 Å². The molecule has 25 heavy (non-hydrogen) atoms. The third kappa shape index (κ3) is 34.2. The molecule has 0 heterocycles. The number of carboxylic acids is 1. The van der Waals surface area contributed by atoms with E-state index in [-0.39, 0.29) is 12.1 Å². The van der Waals surface area contributed by atoms with Crippen molar-refractivity contribution in [1.82, 2.24) is 0 Å². The summed E-state index contributed by atoms with van der Waals surface area (Å²) in [6.07, 6.45) is 9.77. The summed E-state index contributed by atoms with van der Waals surface area (Å²) in [6.45, 7) is 12.8. The molecule has 0 aliphatic carbocycles. The van der Waals surface area contributed by atoms with Crippen molar-refractivity contribution < 1.29 is 24.3 Å². The quantitative estimate of drug-likeness (QED) is 0.176. The molecule has 0 bridgehead atoms. The number of esters is 1. The summed E-state index contributed by atoms with van der Waals surface area (Å²) >= 11 is 0. The van der Waals surface area contributed by atoms with Crippen LogP contribution >= 0.6 is 0 Å². The standard InChI is InChI=1S/C8H17NO2.C7H12O2.C3H4O2/c1-3-4-5-6-7-8(2)11-9-10;1-3-5-6-9-7(8)4-2;1-2-3(4)5/h8H,3-7H2,1-2H3;4H,2-3,5-6H2,1H3;2H,1H2,(H,4,5). The molecule has 0 saturated carbocycles. The SMILES string of the molecule is C=CC(=O)O.C=CC(=O)OCCCC.CCCCCCC(C)ON=O. The normalized spacial score (nSPS) is 9.88. The summed E-state index contributed by atoms with van der Waals surface area (Å²) in [6, 6.07) is 0. The van der Waals surface area contributed by atoms with Gasteiger partial charge in [0, 0.05) is 12.2 Å². The van der Waals surface area contributed by atoms with E-state index >= 15 is 0 Å². The lowest BCUT2D eigenvalue weighted by Crippen LogP contribution is -2.02. The van der Waals surface area contributed by atoms with Gasteiger partial charge in [-0.15, -0.1) is 4.91 Å². The van der Waals surface area contributed by atoms with E-state index in [1.54, 1.807) is 0 Å². The molecule has 0 fully saturated rings. The fraction of sp³-hybridized carbons (Fsp3) is 0.667. The Hall–Kier alpha value is -2.18. The molecule has 0 aromatic carbocycles. The predicted octanol–water partition coefficient (Wildman–Crippen LogP) is 4.82. The molecule has 0 aromatic rings. The molecule has 1 atom stereocenters. The first-order chi connectivity index (χ1) is 11.9. The smallest absolute Gasteiger partial charge is 0.330 e. The maximum Gasteiger partial charge on any atom is 0.330 e. The first kappa shape index (κ1) is 27.7. The Morgan fingerprint density at radius 2 is 1.64 bits per heavy atom. The number of unbranched alkanes of at least 4 members (excludes halogenated alkanes) is 4. The van der Waals surface area contributed by atoms with E-state index in [2.05, 4.69) is 35.0 Å². The second-order valence-electron chi connectivity index (χ2n) is 5.11. The van der Waals surface area contributed by atoms with Crippen molar-refractivity contribution in [3.8, 4) is 0 Å². The van der Waals surface area contributed by atoms with E-state index < -0.39 is 5.97 Å². The molecule has 1 N–H and O–H groups in total. The molecule has 0 spiro atoms. The van der Waals surface area contributed by atoms with Crippen molar-refractivity contribution in [3.05, 3.63) is 30.2 Å². The number of carboxylic acid groups (broad SMARTS) is 1. The van der Waals surface area contributed by atoms with Crippen LogP contribution in [0.5, 0.6) is 0 Å². The van der Waals surface area contributed by atoms with Crippen molar-refractivity contribution in [3.63, 3.8) is 0 Å². The number of aliphatic carboxylic acids is 1. The molecule has 7 heteroatoms. The van der Waals surface area contributed by atoms with Crippen LogP contribution in [-0.4, -0.2) is 29.8 Å². The highest BCUT2D eigenvalue weighted by Gasteiger charge is 2.01. The third-order valence-electron chi connectivity index (χ3n) is 2.77. The van der Waals surface area contributed by atoms with Crippen LogP contribution in [0.15, 0.2) is 30.7 Å². The second kappa shape index (κ2) is 24.1. The van der Waals surface area contributed by atoms with Crippen molar-refractivity contribution >= 4 is 11.9 Å². The van der Waals surface area contributed by atoms with Gasteiger partial charge in [-0.25, -0.2) is 9.59 Å². The fourth-order valence-electron chi connectivity index (χ4n) is 1.36. The summed E-state index contributed by atoms with van der Waals surface area (Å²) in [7, 11) is 0. The molecule has 146 valence electrons. The lowest BCUT2D eigenvalue weighted by Gasteiger charge is -2.05. The zero-order valence-corrected chi connectivity index (χ0v) is 15.7. The number of rotatable bonds is 12. The highest BCUT2D eigenvalue weighted by atomic mass is 16.7. The first-order valence-electron chi connectivity index (χ1n) is 8.52. The van der Waals surface area contributed by atoms with Gasteiger partial charge in [-0.2, -0.15) is 0 Å². The van der Waals surface area contributed by atoms with Crippen LogP contribution in [0.3, 0.4) is 0 Å². The van der Waals surface area contributed by atoms with Gasteiger partial charge in [-0.05, 0) is 26.2 Å². The number of nitrogens with zero attached hydrogens (tertiary/aromatic N) is 1. The van der Waals surface area contributed by atoms with Gasteiger partial charge in [0.15, 0.2) is 5.34 Å². The van der Waals surface area contributed by atoms with Crippen molar-refractivity contribution in [1.29, 1.82) is 0 Å². The van der Waals surface area contributed by atoms with Gasteiger partial charge in [0.1, 0.15) is 6.10 Å². The molecule has 0 aromatic heterocycles. The number of hydrogen-bond donors (Lipinski definition) is 1. The average molecular weight is 359 g/mol. The van der Waals surface area contributed by atoms with E-state index in [1.165, 1.54) is 25.3 Å². The minimum absolute atomic E-state index is 0.00986. The van der Waals surface area contributed by atoms with Gasteiger partial charge in [-0.3, -0.25) is 0 Å². The highest BCUT2D eigenvalue weighted by molar-refractivity contribution is 5.81. The molecule has 7 nitrogen and oxygen atoms in total. The zero-order chi connectivity index (χ0) is 19.9. The lowest BCUT2D eigenvalue weighted by atomic mass is 10.1. The van der Waals surface area contributed by atoms with Crippen LogP contribution < -0.4 is 0 Å². The van der Waals surface area contributed by atoms with Gasteiger partial charge < -0.3 is 14.7 Å². The maximum atomic E-state index is 10.3. The van der Waals surface area contributed by atoms with E-state index in [0.717, 1.165) is 31.8 Å². The summed E-state index contributed by atoms with van der Waals surface area (Å²) < 4.78 is 4.67. The number of carbonyl (C=O) groups is 2. The molecule has 0 amide bonds. The summed E-state index contributed by atoms with van der Waals surface area (Å²) in [5.41, 5.74) is 0. The van der Waals surface area contributed by atoms with E-state index in [9.17, 15) is 14.5 Å². The van der Waals surface area contributed by atoms with Crippen molar-refractivity contribution in [2.45, 2.75) is 71.8 Å². The van der Waals surface area contributed by atoms with Crippen LogP contribution in [0.2, 0.25) is 0 Å². The van der Waals surface area contributed by atoms with Gasteiger partial charge in [0.25, 0.3) is 0 Å². The average Bonchev–Trinajstić information content (AvgIpc) is 2.60. The second-order valence-corrected chi connectivity index (χ2v) is 5.11. The highest BCUT2D eigenvalue weighted by Crippen LogP contribution is 2.07. The Kier molecular flexibility index (Phi) is 26.6. The fourth-order valence-corrected chi connectivity index (χ4v) is 1.36. The predicted molar refractivity (Wildman–Crippen MR) is 99.0 cm³/mol. The van der Waals surface area contributed by atoms with Gasteiger partial charge in [0.2, 0.25) is 0 Å². The van der Waals surface area contributed by atoms with Crippen LogP contribution in [0.1, 0.15) is 65.7 Å². The lowest BCUT2D eigenvalue weighted by molar-refractivity contribution is -0.137. The van der Waals surface area contributed by atoms with Crippen molar-refractivity contribution in [2.75, 3.05) is 6.61 Å². The molecular formula is C18H33NO6.